The molecule has 1 aliphatic heterocycles. The average Bonchev–Trinajstić information content (AvgIpc) is 2.74. The molecule has 1 heterocycles. The Hall–Kier alpha value is -1.34. The number of hydrogen-bond acceptors (Lipinski definition) is 5. The Morgan fingerprint density at radius 3 is 2.22 bits per heavy atom. The van der Waals surface area contributed by atoms with E-state index in [9.17, 15) is 14.7 Å². The molecule has 0 bridgehead atoms. The molecule has 1 aromatic carbocycles. The van der Waals surface area contributed by atoms with E-state index in [4.69, 9.17) is 32.7 Å². The van der Waals surface area contributed by atoms with Crippen LogP contribution in [0.5, 0.6) is 0 Å². The summed E-state index contributed by atoms with van der Waals surface area (Å²) in [7, 11) is 1.15. The van der Waals surface area contributed by atoms with E-state index < -0.39 is 34.7 Å². The molecule has 2 rings (SSSR count). The highest BCUT2D eigenvalue weighted by molar-refractivity contribution is 6.34. The SMILES string of the molecule is COC(=O)C1(OC(C)C)C(=O)N(C(C)(C)c2cc(Cl)cc(Cl)c2)CC1(C)O. The lowest BCUT2D eigenvalue weighted by molar-refractivity contribution is -0.205. The number of β-amino-alcohol motifs (C(OH)–C–C–N with tert-alkyl or cyclic N) is 1. The van der Waals surface area contributed by atoms with Crippen molar-refractivity contribution in [2.45, 2.75) is 57.5 Å². The first kappa shape index (κ1) is 22.0. The van der Waals surface area contributed by atoms with Crippen molar-refractivity contribution < 1.29 is 24.2 Å². The van der Waals surface area contributed by atoms with Crippen LogP contribution in [0.3, 0.4) is 0 Å². The van der Waals surface area contributed by atoms with Gasteiger partial charge in [0.1, 0.15) is 5.60 Å². The minimum Gasteiger partial charge on any atom is -0.466 e. The van der Waals surface area contributed by atoms with Crippen molar-refractivity contribution in [1.29, 1.82) is 0 Å². The van der Waals surface area contributed by atoms with Gasteiger partial charge in [0, 0.05) is 10.0 Å². The third-order valence-corrected chi connectivity index (χ3v) is 5.34. The molecule has 0 radical (unpaired) electrons. The second kappa shape index (κ2) is 7.24. The lowest BCUT2D eigenvalue weighted by atomic mass is 9.86. The van der Waals surface area contributed by atoms with Crippen molar-refractivity contribution in [3.05, 3.63) is 33.8 Å². The third kappa shape index (κ3) is 3.56. The molecule has 1 aromatic rings. The quantitative estimate of drug-likeness (QED) is 0.587. The molecular weight excluding hydrogens is 393 g/mol. The minimum atomic E-state index is -2.16. The molecule has 1 amide bonds. The highest BCUT2D eigenvalue weighted by Gasteiger charge is 2.70. The van der Waals surface area contributed by atoms with E-state index in [1.807, 2.05) is 0 Å². The van der Waals surface area contributed by atoms with Gasteiger partial charge >= 0.3 is 5.97 Å². The van der Waals surface area contributed by atoms with Gasteiger partial charge in [0.25, 0.3) is 11.5 Å². The number of hydrogen-bond donors (Lipinski definition) is 1. The van der Waals surface area contributed by atoms with E-state index >= 15 is 0 Å². The third-order valence-electron chi connectivity index (χ3n) is 4.90. The lowest BCUT2D eigenvalue weighted by Gasteiger charge is -2.37. The summed E-state index contributed by atoms with van der Waals surface area (Å²) in [5.41, 5.74) is -4.23. The van der Waals surface area contributed by atoms with E-state index in [2.05, 4.69) is 0 Å². The largest absolute Gasteiger partial charge is 0.466 e. The van der Waals surface area contributed by atoms with Gasteiger partial charge in [0.05, 0.1) is 25.3 Å². The van der Waals surface area contributed by atoms with Gasteiger partial charge in [-0.15, -0.1) is 0 Å². The maximum atomic E-state index is 13.4. The molecule has 0 aliphatic carbocycles. The summed E-state index contributed by atoms with van der Waals surface area (Å²) in [4.78, 5) is 27.5. The predicted octanol–water partition coefficient (Wildman–Crippen LogP) is 3.16. The van der Waals surface area contributed by atoms with Crippen LogP contribution in [0, 0.1) is 0 Å². The van der Waals surface area contributed by atoms with E-state index in [0.717, 1.165) is 7.11 Å². The van der Waals surface area contributed by atoms with Gasteiger partial charge < -0.3 is 19.5 Å². The highest BCUT2D eigenvalue weighted by atomic mass is 35.5. The number of halogens is 2. The standard InChI is InChI=1S/C19H25Cl2NO5/c1-11(2)27-19(16(24)26-6)15(23)22(10-18(19,5)25)17(3,4)12-7-13(20)9-14(21)8-12/h7-9,11,25H,10H2,1-6H3. The maximum absolute atomic E-state index is 13.4. The monoisotopic (exact) mass is 417 g/mol. The molecule has 0 saturated carbocycles. The van der Waals surface area contributed by atoms with Crippen LogP contribution in [0.15, 0.2) is 18.2 Å². The second-order valence-electron chi connectivity index (χ2n) is 7.72. The first-order valence-corrected chi connectivity index (χ1v) is 9.32. The molecule has 2 unspecified atom stereocenters. The molecular formula is C19H25Cl2NO5. The molecule has 1 N–H and O–H groups in total. The Balaban J connectivity index is 2.60. The van der Waals surface area contributed by atoms with Crippen LogP contribution < -0.4 is 0 Å². The summed E-state index contributed by atoms with van der Waals surface area (Å²) in [6, 6.07) is 4.97. The predicted molar refractivity (Wildman–Crippen MR) is 103 cm³/mol. The minimum absolute atomic E-state index is 0.134. The van der Waals surface area contributed by atoms with E-state index in [1.165, 1.54) is 11.8 Å². The zero-order valence-electron chi connectivity index (χ0n) is 16.3. The molecule has 0 spiro atoms. The number of amides is 1. The molecule has 150 valence electrons. The zero-order chi connectivity index (χ0) is 20.8. The molecule has 8 heteroatoms. The van der Waals surface area contributed by atoms with Gasteiger partial charge in [-0.3, -0.25) is 4.79 Å². The summed E-state index contributed by atoms with van der Waals surface area (Å²) >= 11 is 12.2. The van der Waals surface area contributed by atoms with Crippen LogP contribution in [0.25, 0.3) is 0 Å². The number of rotatable bonds is 5. The zero-order valence-corrected chi connectivity index (χ0v) is 17.8. The Morgan fingerprint density at radius 2 is 1.78 bits per heavy atom. The van der Waals surface area contributed by atoms with Crippen molar-refractivity contribution in [3.8, 4) is 0 Å². The van der Waals surface area contributed by atoms with Crippen LogP contribution in [0.2, 0.25) is 10.0 Å². The number of nitrogens with zero attached hydrogens (tertiary/aromatic N) is 1. The van der Waals surface area contributed by atoms with Gasteiger partial charge in [-0.2, -0.15) is 0 Å². The Morgan fingerprint density at radius 1 is 1.26 bits per heavy atom. The van der Waals surface area contributed by atoms with Gasteiger partial charge in [-0.05, 0) is 58.4 Å². The van der Waals surface area contributed by atoms with Crippen molar-refractivity contribution in [1.82, 2.24) is 4.90 Å². The normalized spacial score (nSPS) is 26.0. The van der Waals surface area contributed by atoms with Crippen LogP contribution in [-0.4, -0.2) is 52.8 Å². The van der Waals surface area contributed by atoms with Crippen molar-refractivity contribution in [2.75, 3.05) is 13.7 Å². The highest BCUT2D eigenvalue weighted by Crippen LogP contribution is 2.44. The van der Waals surface area contributed by atoms with E-state index in [0.29, 0.717) is 15.6 Å². The van der Waals surface area contributed by atoms with E-state index in [-0.39, 0.29) is 6.54 Å². The number of aliphatic hydroxyl groups is 1. The Labute approximate surface area is 169 Å². The molecule has 6 nitrogen and oxygen atoms in total. The molecule has 1 aliphatic rings. The second-order valence-corrected chi connectivity index (χ2v) is 8.59. The fourth-order valence-corrected chi connectivity index (χ4v) is 3.98. The fraction of sp³-hybridized carbons (Fsp3) is 0.579. The summed E-state index contributed by atoms with van der Waals surface area (Å²) in [6.07, 6.45) is -0.497. The lowest BCUT2D eigenvalue weighted by Crippen LogP contribution is -2.62. The molecule has 1 saturated heterocycles. The summed E-state index contributed by atoms with van der Waals surface area (Å²) in [5.74, 6) is -1.61. The summed E-state index contributed by atoms with van der Waals surface area (Å²) < 4.78 is 10.6. The molecule has 1 fully saturated rings. The number of benzene rings is 1. The van der Waals surface area contributed by atoms with Gasteiger partial charge in [-0.1, -0.05) is 23.2 Å². The first-order chi connectivity index (χ1) is 12.3. The fourth-order valence-electron chi connectivity index (χ4n) is 3.46. The van der Waals surface area contributed by atoms with Crippen LogP contribution in [-0.2, 0) is 24.6 Å². The number of carbonyl (C=O) groups excluding carboxylic acids is 2. The Kier molecular flexibility index (Phi) is 5.89. The van der Waals surface area contributed by atoms with Crippen molar-refractivity contribution in [2.24, 2.45) is 0 Å². The van der Waals surface area contributed by atoms with Crippen molar-refractivity contribution in [3.63, 3.8) is 0 Å². The smallest absolute Gasteiger partial charge is 0.351 e. The molecule has 2 atom stereocenters. The number of methoxy groups -OCH3 is 1. The number of likely N-dealkylation sites (tertiary alicyclic amines) is 1. The van der Waals surface area contributed by atoms with Crippen LogP contribution >= 0.6 is 23.2 Å². The number of carbonyl (C=O) groups is 2. The van der Waals surface area contributed by atoms with Crippen molar-refractivity contribution >= 4 is 35.1 Å². The van der Waals surface area contributed by atoms with Gasteiger partial charge in [0.2, 0.25) is 0 Å². The first-order valence-electron chi connectivity index (χ1n) is 8.57. The number of esters is 1. The number of ether oxygens (including phenoxy) is 2. The average molecular weight is 418 g/mol. The topological polar surface area (TPSA) is 76.1 Å². The summed E-state index contributed by atoms with van der Waals surface area (Å²) in [6.45, 7) is 8.19. The maximum Gasteiger partial charge on any atom is 0.351 e. The van der Waals surface area contributed by atoms with Gasteiger partial charge in [-0.25, -0.2) is 4.79 Å². The van der Waals surface area contributed by atoms with E-state index in [1.54, 1.807) is 45.9 Å². The van der Waals surface area contributed by atoms with Crippen LogP contribution in [0.4, 0.5) is 0 Å². The molecule has 0 aromatic heterocycles. The molecule has 27 heavy (non-hydrogen) atoms. The summed E-state index contributed by atoms with van der Waals surface area (Å²) in [5, 5.41) is 11.9. The van der Waals surface area contributed by atoms with Crippen LogP contribution in [0.1, 0.15) is 40.2 Å². The van der Waals surface area contributed by atoms with Gasteiger partial charge in [0.15, 0.2) is 0 Å². The Bertz CT molecular complexity index is 742.